The lowest BCUT2D eigenvalue weighted by Gasteiger charge is -2.25. The van der Waals surface area contributed by atoms with E-state index < -0.39 is 71.7 Å². The lowest BCUT2D eigenvalue weighted by Crippen LogP contribution is -2.56. The summed E-state index contributed by atoms with van der Waals surface area (Å²) >= 11 is 0. The van der Waals surface area contributed by atoms with Gasteiger partial charge < -0.3 is 21.3 Å². The first kappa shape index (κ1) is 31.0. The molecule has 1 heterocycles. The smallest absolute Gasteiger partial charge is 0.356 e. The molecule has 1 aromatic rings. The van der Waals surface area contributed by atoms with Crippen LogP contribution in [0, 0.1) is 17.7 Å². The number of ether oxygens (including phenoxy) is 1. The molecule has 1 saturated carbocycles. The van der Waals surface area contributed by atoms with E-state index in [1.807, 2.05) is 0 Å². The van der Waals surface area contributed by atoms with Crippen molar-refractivity contribution in [3.05, 3.63) is 35.6 Å². The Morgan fingerprint density at radius 2 is 1.75 bits per heavy atom. The highest BCUT2D eigenvalue weighted by Crippen LogP contribution is 2.46. The van der Waals surface area contributed by atoms with Crippen LogP contribution in [-0.2, 0) is 34.2 Å². The van der Waals surface area contributed by atoms with Gasteiger partial charge in [0.1, 0.15) is 18.5 Å². The highest BCUT2D eigenvalue weighted by Gasteiger charge is 2.48. The Labute approximate surface area is 228 Å². The van der Waals surface area contributed by atoms with Gasteiger partial charge in [-0.15, -0.1) is 13.2 Å². The summed E-state index contributed by atoms with van der Waals surface area (Å²) in [6.07, 6.45) is -4.21. The van der Waals surface area contributed by atoms with Crippen molar-refractivity contribution in [1.82, 2.24) is 21.3 Å². The van der Waals surface area contributed by atoms with Crippen LogP contribution in [0.5, 0.6) is 0 Å². The van der Waals surface area contributed by atoms with Crippen molar-refractivity contribution in [3.63, 3.8) is 0 Å². The highest BCUT2D eigenvalue weighted by atomic mass is 19.4. The van der Waals surface area contributed by atoms with Crippen molar-refractivity contribution in [3.8, 4) is 0 Å². The number of Topliss-reactive ketones (excluding diaryl/α,β-unsaturated/α-hetero) is 1. The van der Waals surface area contributed by atoms with E-state index in [1.165, 1.54) is 18.2 Å². The van der Waals surface area contributed by atoms with Crippen LogP contribution in [0.2, 0.25) is 0 Å². The van der Waals surface area contributed by atoms with Gasteiger partial charge in [-0.25, -0.2) is 4.39 Å². The summed E-state index contributed by atoms with van der Waals surface area (Å²) in [6, 6.07) is 2.97. The van der Waals surface area contributed by atoms with E-state index in [4.69, 9.17) is 0 Å². The average molecular weight is 573 g/mol. The minimum Gasteiger partial charge on any atom is -0.356 e. The quantitative estimate of drug-likeness (QED) is 0.221. The predicted molar refractivity (Wildman–Crippen MR) is 132 cm³/mol. The predicted octanol–water partition coefficient (Wildman–Crippen LogP) is 1.58. The van der Waals surface area contributed by atoms with E-state index in [0.29, 0.717) is 25.8 Å². The van der Waals surface area contributed by atoms with Crippen LogP contribution in [0.25, 0.3) is 0 Å². The molecule has 2 aliphatic rings. The first-order valence-electron chi connectivity index (χ1n) is 12.9. The van der Waals surface area contributed by atoms with Crippen LogP contribution >= 0.6 is 0 Å². The molecule has 1 aromatic carbocycles. The van der Waals surface area contributed by atoms with Gasteiger partial charge in [-0.2, -0.15) is 0 Å². The minimum absolute atomic E-state index is 0.0210. The maximum absolute atomic E-state index is 14.3. The number of rotatable bonds is 12. The number of halogens is 4. The zero-order valence-electron chi connectivity index (χ0n) is 22.0. The Bertz CT molecular complexity index is 1140. The minimum atomic E-state index is -5.09. The molecule has 14 heteroatoms. The van der Waals surface area contributed by atoms with Gasteiger partial charge in [0.25, 0.3) is 0 Å². The van der Waals surface area contributed by atoms with Gasteiger partial charge >= 0.3 is 18.2 Å². The molecule has 0 aromatic heterocycles. The standard InChI is InChI=1S/C26H32F4N4O6/c1-14(2)11-19(33-23(38)24(39)34-25(8-9-25)16-5-3-4-6-17(16)27)22(37)32-18(12-15-7-10-31-21(15)36)20(35)13-40-26(28,29)30/h3-6,14-15,18-19H,7-13H2,1-2H3,(H,31,36)(H,32,37)(H,33,38)(H,34,39)/t15-,18-,19-/m0/s1. The van der Waals surface area contributed by atoms with E-state index in [-0.39, 0.29) is 24.3 Å². The number of nitrogens with one attached hydrogen (secondary N) is 4. The van der Waals surface area contributed by atoms with Crippen LogP contribution in [0.3, 0.4) is 0 Å². The third-order valence-electron chi connectivity index (χ3n) is 6.79. The van der Waals surface area contributed by atoms with Crippen LogP contribution in [-0.4, -0.2) is 61.0 Å². The number of amides is 4. The number of benzene rings is 1. The van der Waals surface area contributed by atoms with Gasteiger partial charge in [-0.3, -0.25) is 28.7 Å². The second-order valence-corrected chi connectivity index (χ2v) is 10.4. The maximum Gasteiger partial charge on any atom is 0.522 e. The number of carbonyl (C=O) groups excluding carboxylic acids is 5. The van der Waals surface area contributed by atoms with E-state index in [1.54, 1.807) is 19.9 Å². The molecule has 2 fully saturated rings. The summed E-state index contributed by atoms with van der Waals surface area (Å²) in [7, 11) is 0. The fourth-order valence-corrected chi connectivity index (χ4v) is 4.59. The van der Waals surface area contributed by atoms with E-state index in [9.17, 15) is 41.5 Å². The number of hydrogen-bond donors (Lipinski definition) is 4. The van der Waals surface area contributed by atoms with Crippen molar-refractivity contribution in [2.24, 2.45) is 11.8 Å². The topological polar surface area (TPSA) is 143 Å². The summed E-state index contributed by atoms with van der Waals surface area (Å²) in [5.41, 5.74) is -0.820. The zero-order chi connectivity index (χ0) is 29.7. The molecule has 1 saturated heterocycles. The third-order valence-corrected chi connectivity index (χ3v) is 6.79. The van der Waals surface area contributed by atoms with E-state index in [2.05, 4.69) is 26.0 Å². The molecule has 0 unspecified atom stereocenters. The highest BCUT2D eigenvalue weighted by molar-refractivity contribution is 6.35. The van der Waals surface area contributed by atoms with Gasteiger partial charge in [0.05, 0.1) is 11.6 Å². The summed E-state index contributed by atoms with van der Waals surface area (Å²) in [5.74, 6) is -6.17. The van der Waals surface area contributed by atoms with Crippen LogP contribution in [0.4, 0.5) is 17.6 Å². The van der Waals surface area contributed by atoms with Gasteiger partial charge in [-0.05, 0) is 44.1 Å². The Hall–Kier alpha value is -3.55. The normalized spacial score (nSPS) is 19.4. The first-order valence-corrected chi connectivity index (χ1v) is 12.9. The molecular formula is C26H32F4N4O6. The molecule has 1 aliphatic carbocycles. The zero-order valence-corrected chi connectivity index (χ0v) is 22.0. The molecule has 3 rings (SSSR count). The SMILES string of the molecule is CC(C)C[C@H](NC(=O)C(=O)NC1(c2ccccc2F)CC1)C(=O)N[C@@H](C[C@@H]1CCNC1=O)C(=O)COC(F)(F)F. The molecule has 3 atom stereocenters. The monoisotopic (exact) mass is 572 g/mol. The Morgan fingerprint density at radius 1 is 1.07 bits per heavy atom. The number of carbonyl (C=O) groups is 5. The van der Waals surface area contributed by atoms with E-state index >= 15 is 0 Å². The number of alkyl halides is 3. The average Bonchev–Trinajstić information content (AvgIpc) is 3.53. The summed E-state index contributed by atoms with van der Waals surface area (Å²) in [6.45, 7) is 2.39. The van der Waals surface area contributed by atoms with Crippen LogP contribution in [0.1, 0.15) is 51.5 Å². The van der Waals surface area contributed by atoms with Crippen molar-refractivity contribution < 1.29 is 46.3 Å². The largest absolute Gasteiger partial charge is 0.522 e. The Morgan fingerprint density at radius 3 is 2.30 bits per heavy atom. The molecule has 0 spiro atoms. The van der Waals surface area contributed by atoms with Crippen molar-refractivity contribution >= 4 is 29.4 Å². The van der Waals surface area contributed by atoms with E-state index in [0.717, 1.165) is 0 Å². The Kier molecular flexibility index (Phi) is 9.87. The molecule has 0 bridgehead atoms. The van der Waals surface area contributed by atoms with Gasteiger partial charge in [-0.1, -0.05) is 32.0 Å². The number of ketones is 1. The molecular weight excluding hydrogens is 540 g/mol. The fourth-order valence-electron chi connectivity index (χ4n) is 4.59. The molecule has 0 radical (unpaired) electrons. The van der Waals surface area contributed by atoms with Crippen molar-refractivity contribution in [2.45, 2.75) is 69.9 Å². The summed E-state index contributed by atoms with van der Waals surface area (Å²) in [4.78, 5) is 63.2. The second-order valence-electron chi connectivity index (χ2n) is 10.4. The molecule has 4 amide bonds. The fraction of sp³-hybridized carbons (Fsp3) is 0.577. The Balaban J connectivity index is 1.69. The first-order chi connectivity index (χ1) is 18.7. The van der Waals surface area contributed by atoms with Crippen LogP contribution < -0.4 is 21.3 Å². The molecule has 4 N–H and O–H groups in total. The lowest BCUT2D eigenvalue weighted by molar-refractivity contribution is -0.321. The molecule has 220 valence electrons. The number of hydrogen-bond acceptors (Lipinski definition) is 6. The van der Waals surface area contributed by atoms with Gasteiger partial charge in [0.2, 0.25) is 11.8 Å². The summed E-state index contributed by atoms with van der Waals surface area (Å²) < 4.78 is 55.5. The lowest BCUT2D eigenvalue weighted by atomic mass is 9.95. The third kappa shape index (κ3) is 8.47. The molecule has 1 aliphatic heterocycles. The van der Waals surface area contributed by atoms with Crippen LogP contribution in [0.15, 0.2) is 24.3 Å². The van der Waals surface area contributed by atoms with Crippen molar-refractivity contribution in [1.29, 1.82) is 0 Å². The summed E-state index contributed by atoms with van der Waals surface area (Å²) in [5, 5.41) is 9.71. The molecule has 10 nitrogen and oxygen atoms in total. The van der Waals surface area contributed by atoms with Gasteiger partial charge in [0.15, 0.2) is 5.78 Å². The molecule has 40 heavy (non-hydrogen) atoms. The maximum atomic E-state index is 14.3. The second kappa shape index (κ2) is 12.7. The van der Waals surface area contributed by atoms with Crippen molar-refractivity contribution in [2.75, 3.05) is 13.2 Å². The van der Waals surface area contributed by atoms with Gasteiger partial charge in [0, 0.05) is 18.0 Å².